The van der Waals surface area contributed by atoms with E-state index in [0.29, 0.717) is 12.2 Å². The van der Waals surface area contributed by atoms with Crippen LogP contribution in [-0.2, 0) is 11.2 Å². The van der Waals surface area contributed by atoms with E-state index >= 15 is 0 Å². The molecule has 0 spiro atoms. The summed E-state index contributed by atoms with van der Waals surface area (Å²) < 4.78 is 0. The summed E-state index contributed by atoms with van der Waals surface area (Å²) in [5.74, 6) is 0.687. The van der Waals surface area contributed by atoms with Gasteiger partial charge < -0.3 is 9.78 Å². The third-order valence-corrected chi connectivity index (χ3v) is 1.90. The zero-order valence-corrected chi connectivity index (χ0v) is 7.47. The lowest BCUT2D eigenvalue weighted by molar-refractivity contribution is -0.107. The van der Waals surface area contributed by atoms with Crippen LogP contribution in [0.4, 0.5) is 0 Å². The fourth-order valence-electron chi connectivity index (χ4n) is 1.22. The molecule has 2 aromatic heterocycles. The molecule has 70 valence electrons. The number of pyridine rings is 1. The van der Waals surface area contributed by atoms with Crippen molar-refractivity contribution in [2.45, 2.75) is 6.42 Å². The van der Waals surface area contributed by atoms with Gasteiger partial charge in [0.15, 0.2) is 0 Å². The molecule has 0 aliphatic rings. The van der Waals surface area contributed by atoms with Gasteiger partial charge >= 0.3 is 0 Å². The molecule has 2 aromatic rings. The molecule has 0 aromatic carbocycles. The van der Waals surface area contributed by atoms with Gasteiger partial charge in [-0.1, -0.05) is 0 Å². The molecular weight excluding hydrogens is 178 g/mol. The summed E-state index contributed by atoms with van der Waals surface area (Å²) in [6.07, 6.45) is 6.31. The third kappa shape index (κ3) is 1.69. The molecule has 0 radical (unpaired) electrons. The maximum absolute atomic E-state index is 10.3. The Morgan fingerprint density at radius 2 is 2.14 bits per heavy atom. The van der Waals surface area contributed by atoms with Gasteiger partial charge in [0.05, 0.1) is 18.3 Å². The number of rotatable bonds is 3. The average molecular weight is 187 g/mol. The maximum atomic E-state index is 10.3. The smallest absolute Gasteiger partial charge is 0.127 e. The number of nitrogens with zero attached hydrogens (tertiary/aromatic N) is 2. The molecule has 0 aliphatic carbocycles. The highest BCUT2D eigenvalue weighted by Crippen LogP contribution is 2.14. The Bertz CT molecular complexity index is 422. The number of aldehydes is 1. The minimum Gasteiger partial charge on any atom is -0.342 e. The van der Waals surface area contributed by atoms with Crippen molar-refractivity contribution in [2.24, 2.45) is 0 Å². The van der Waals surface area contributed by atoms with Crippen molar-refractivity contribution in [2.75, 3.05) is 0 Å². The molecule has 0 unspecified atom stereocenters. The Kier molecular flexibility index (Phi) is 2.36. The lowest BCUT2D eigenvalue weighted by Crippen LogP contribution is -1.87. The predicted octanol–water partition coefficient (Wildman–Crippen LogP) is 1.21. The fraction of sp³-hybridized carbons (Fsp3) is 0.100. The Morgan fingerprint density at radius 1 is 1.36 bits per heavy atom. The van der Waals surface area contributed by atoms with Gasteiger partial charge in [-0.15, -0.1) is 0 Å². The van der Waals surface area contributed by atoms with Gasteiger partial charge in [0.1, 0.15) is 12.1 Å². The topological polar surface area (TPSA) is 58.6 Å². The molecule has 0 amide bonds. The monoisotopic (exact) mass is 187 g/mol. The van der Waals surface area contributed by atoms with Crippen LogP contribution in [0.15, 0.2) is 30.7 Å². The molecule has 14 heavy (non-hydrogen) atoms. The van der Waals surface area contributed by atoms with Gasteiger partial charge in [0.25, 0.3) is 0 Å². The van der Waals surface area contributed by atoms with Crippen molar-refractivity contribution in [3.63, 3.8) is 0 Å². The summed E-state index contributed by atoms with van der Waals surface area (Å²) >= 11 is 0. The van der Waals surface area contributed by atoms with Crippen LogP contribution in [0.25, 0.3) is 11.3 Å². The zero-order chi connectivity index (χ0) is 9.80. The molecule has 0 atom stereocenters. The van der Waals surface area contributed by atoms with Crippen LogP contribution in [-0.4, -0.2) is 21.2 Å². The largest absolute Gasteiger partial charge is 0.342 e. The van der Waals surface area contributed by atoms with E-state index in [1.165, 1.54) is 0 Å². The standard InChI is InChI=1S/C10H9N3O/c14-6-3-10-12-7-9(13-10)8-1-4-11-5-2-8/h1-2,4-7H,3H2,(H,12,13). The fourth-order valence-corrected chi connectivity index (χ4v) is 1.22. The minimum absolute atomic E-state index is 0.324. The number of hydrogen-bond donors (Lipinski definition) is 1. The molecule has 0 fully saturated rings. The van der Waals surface area contributed by atoms with Gasteiger partial charge in [-0.05, 0) is 12.1 Å². The maximum Gasteiger partial charge on any atom is 0.127 e. The van der Waals surface area contributed by atoms with Crippen LogP contribution in [0.3, 0.4) is 0 Å². The molecule has 0 bridgehead atoms. The first-order chi connectivity index (χ1) is 6.90. The van der Waals surface area contributed by atoms with Gasteiger partial charge in [0, 0.05) is 18.0 Å². The van der Waals surface area contributed by atoms with Crippen LogP contribution in [0.5, 0.6) is 0 Å². The van der Waals surface area contributed by atoms with E-state index < -0.39 is 0 Å². The lowest BCUT2D eigenvalue weighted by Gasteiger charge is -1.94. The van der Waals surface area contributed by atoms with E-state index in [0.717, 1.165) is 17.5 Å². The van der Waals surface area contributed by atoms with Crippen molar-refractivity contribution < 1.29 is 4.79 Å². The summed E-state index contributed by atoms with van der Waals surface area (Å²) in [5.41, 5.74) is 1.92. The van der Waals surface area contributed by atoms with Crippen LogP contribution >= 0.6 is 0 Å². The SMILES string of the molecule is O=CCc1ncc(-c2ccncc2)[nH]1. The molecule has 0 saturated carbocycles. The van der Waals surface area contributed by atoms with Crippen molar-refractivity contribution in [3.8, 4) is 11.3 Å². The molecule has 4 nitrogen and oxygen atoms in total. The first-order valence-electron chi connectivity index (χ1n) is 4.28. The van der Waals surface area contributed by atoms with Gasteiger partial charge in [-0.3, -0.25) is 4.98 Å². The van der Waals surface area contributed by atoms with E-state index in [2.05, 4.69) is 15.0 Å². The van der Waals surface area contributed by atoms with Crippen molar-refractivity contribution in [1.29, 1.82) is 0 Å². The van der Waals surface area contributed by atoms with Crippen LogP contribution < -0.4 is 0 Å². The van der Waals surface area contributed by atoms with Crippen molar-refractivity contribution in [1.82, 2.24) is 15.0 Å². The van der Waals surface area contributed by atoms with Crippen LogP contribution in [0.2, 0.25) is 0 Å². The molecule has 2 rings (SSSR count). The predicted molar refractivity (Wildman–Crippen MR) is 51.6 cm³/mol. The van der Waals surface area contributed by atoms with Gasteiger partial charge in [0.2, 0.25) is 0 Å². The minimum atomic E-state index is 0.324. The number of aromatic amines is 1. The second-order valence-electron chi connectivity index (χ2n) is 2.85. The third-order valence-electron chi connectivity index (χ3n) is 1.90. The molecule has 1 N–H and O–H groups in total. The van der Waals surface area contributed by atoms with E-state index in [-0.39, 0.29) is 0 Å². The Morgan fingerprint density at radius 3 is 2.86 bits per heavy atom. The first-order valence-corrected chi connectivity index (χ1v) is 4.28. The second-order valence-corrected chi connectivity index (χ2v) is 2.85. The average Bonchev–Trinajstić information content (AvgIpc) is 2.68. The molecule has 2 heterocycles. The Balaban J connectivity index is 2.29. The number of carbonyl (C=O) groups excluding carboxylic acids is 1. The van der Waals surface area contributed by atoms with Crippen LogP contribution in [0, 0.1) is 0 Å². The summed E-state index contributed by atoms with van der Waals surface area (Å²) in [7, 11) is 0. The quantitative estimate of drug-likeness (QED) is 0.735. The normalized spacial score (nSPS) is 10.0. The van der Waals surface area contributed by atoms with Gasteiger partial charge in [-0.25, -0.2) is 4.98 Å². The van der Waals surface area contributed by atoms with E-state index in [4.69, 9.17) is 0 Å². The van der Waals surface area contributed by atoms with Crippen LogP contribution in [0.1, 0.15) is 5.82 Å². The molecular formula is C10H9N3O. The highest BCUT2D eigenvalue weighted by molar-refractivity contribution is 5.59. The molecule has 0 aliphatic heterocycles. The van der Waals surface area contributed by atoms with E-state index in [1.807, 2.05) is 12.1 Å². The number of H-pyrrole nitrogens is 1. The number of aromatic nitrogens is 3. The summed E-state index contributed by atoms with van der Waals surface area (Å²) in [4.78, 5) is 21.3. The molecule has 4 heteroatoms. The van der Waals surface area contributed by atoms with E-state index in [9.17, 15) is 4.79 Å². The Hall–Kier alpha value is -1.97. The number of imidazole rings is 1. The summed E-state index contributed by atoms with van der Waals surface area (Å²) in [5, 5.41) is 0. The highest BCUT2D eigenvalue weighted by atomic mass is 16.1. The zero-order valence-electron chi connectivity index (χ0n) is 7.47. The Labute approximate surface area is 81.0 Å². The summed E-state index contributed by atoms with van der Waals surface area (Å²) in [6.45, 7) is 0. The number of nitrogens with one attached hydrogen (secondary N) is 1. The van der Waals surface area contributed by atoms with Gasteiger partial charge in [-0.2, -0.15) is 0 Å². The first kappa shape index (κ1) is 8.62. The highest BCUT2D eigenvalue weighted by Gasteiger charge is 2.01. The summed E-state index contributed by atoms with van der Waals surface area (Å²) in [6, 6.07) is 3.77. The van der Waals surface area contributed by atoms with E-state index in [1.54, 1.807) is 18.6 Å². The van der Waals surface area contributed by atoms with Crippen molar-refractivity contribution >= 4 is 6.29 Å². The van der Waals surface area contributed by atoms with Crippen molar-refractivity contribution in [3.05, 3.63) is 36.5 Å². The lowest BCUT2D eigenvalue weighted by atomic mass is 10.2. The molecule has 0 saturated heterocycles. The number of carbonyl (C=O) groups is 1. The number of hydrogen-bond acceptors (Lipinski definition) is 3. The second kappa shape index (κ2) is 3.83.